The number of Topliss-reactive ketones (excluding diaryl/α,β-unsaturated/α-hetero) is 1. The SMILES string of the molecule is CCOC(=O)C(=O)c1cnn(-c2ccccc2)c1C(=O)OCC. The molecule has 0 amide bonds. The molecule has 7 nitrogen and oxygen atoms in total. The Hall–Kier alpha value is -2.96. The van der Waals surface area contributed by atoms with E-state index in [1.54, 1.807) is 38.1 Å². The van der Waals surface area contributed by atoms with Crippen LogP contribution in [-0.2, 0) is 14.3 Å². The number of hydrogen-bond acceptors (Lipinski definition) is 6. The molecule has 1 aromatic carbocycles. The number of carbonyl (C=O) groups excluding carboxylic acids is 3. The maximum atomic E-state index is 12.2. The molecule has 0 aliphatic heterocycles. The molecule has 0 spiro atoms. The third-order valence-electron chi connectivity index (χ3n) is 2.94. The summed E-state index contributed by atoms with van der Waals surface area (Å²) in [7, 11) is 0. The highest BCUT2D eigenvalue weighted by Crippen LogP contribution is 2.17. The van der Waals surface area contributed by atoms with E-state index in [0.29, 0.717) is 5.69 Å². The topological polar surface area (TPSA) is 87.5 Å². The van der Waals surface area contributed by atoms with Crippen LogP contribution in [-0.4, -0.2) is 40.7 Å². The van der Waals surface area contributed by atoms with Gasteiger partial charge in [-0.05, 0) is 26.0 Å². The van der Waals surface area contributed by atoms with Crippen LogP contribution in [0, 0.1) is 0 Å². The average molecular weight is 316 g/mol. The van der Waals surface area contributed by atoms with Crippen molar-refractivity contribution in [3.8, 4) is 5.69 Å². The number of nitrogens with zero attached hydrogens (tertiary/aromatic N) is 2. The molecule has 120 valence electrons. The summed E-state index contributed by atoms with van der Waals surface area (Å²) < 4.78 is 10.9. The van der Waals surface area contributed by atoms with E-state index in [1.807, 2.05) is 6.07 Å². The summed E-state index contributed by atoms with van der Waals surface area (Å²) in [6, 6.07) is 8.77. The van der Waals surface area contributed by atoms with Gasteiger partial charge in [0.25, 0.3) is 5.78 Å². The molecule has 0 saturated heterocycles. The molecule has 1 heterocycles. The summed E-state index contributed by atoms with van der Waals surface area (Å²) in [6.45, 7) is 3.43. The Kier molecular flexibility index (Phi) is 5.24. The van der Waals surface area contributed by atoms with Gasteiger partial charge in [0, 0.05) is 0 Å². The normalized spacial score (nSPS) is 10.2. The first-order valence-corrected chi connectivity index (χ1v) is 7.12. The fourth-order valence-corrected chi connectivity index (χ4v) is 1.98. The first kappa shape index (κ1) is 16.4. The highest BCUT2D eigenvalue weighted by Gasteiger charge is 2.29. The van der Waals surface area contributed by atoms with Gasteiger partial charge >= 0.3 is 11.9 Å². The Labute approximate surface area is 132 Å². The lowest BCUT2D eigenvalue weighted by Crippen LogP contribution is -2.22. The van der Waals surface area contributed by atoms with Crippen LogP contribution >= 0.6 is 0 Å². The first-order chi connectivity index (χ1) is 11.1. The molecule has 0 unspecified atom stereocenters. The van der Waals surface area contributed by atoms with Gasteiger partial charge in [-0.1, -0.05) is 18.2 Å². The highest BCUT2D eigenvalue weighted by atomic mass is 16.5. The summed E-state index contributed by atoms with van der Waals surface area (Å²) in [5.41, 5.74) is 0.320. The number of carbonyl (C=O) groups is 3. The quantitative estimate of drug-likeness (QED) is 0.459. The molecule has 7 heteroatoms. The Morgan fingerprint density at radius 2 is 1.70 bits per heavy atom. The summed E-state index contributed by atoms with van der Waals surface area (Å²) in [5, 5.41) is 4.04. The zero-order valence-corrected chi connectivity index (χ0v) is 12.8. The third-order valence-corrected chi connectivity index (χ3v) is 2.94. The first-order valence-electron chi connectivity index (χ1n) is 7.12. The standard InChI is InChI=1S/C16H16N2O5/c1-3-22-15(20)13-12(14(19)16(21)23-4-2)10-17-18(13)11-8-6-5-7-9-11/h5-10H,3-4H2,1-2H3. The van der Waals surface area contributed by atoms with Crippen molar-refractivity contribution in [1.82, 2.24) is 9.78 Å². The van der Waals surface area contributed by atoms with Crippen LogP contribution in [0.5, 0.6) is 0 Å². The number of ether oxygens (including phenoxy) is 2. The van der Waals surface area contributed by atoms with Crippen molar-refractivity contribution in [2.75, 3.05) is 13.2 Å². The second-order valence-corrected chi connectivity index (χ2v) is 4.42. The van der Waals surface area contributed by atoms with E-state index in [4.69, 9.17) is 9.47 Å². The second kappa shape index (κ2) is 7.35. The van der Waals surface area contributed by atoms with Crippen molar-refractivity contribution in [2.45, 2.75) is 13.8 Å². The Morgan fingerprint density at radius 3 is 2.30 bits per heavy atom. The van der Waals surface area contributed by atoms with Crippen LogP contribution in [0.15, 0.2) is 36.5 Å². The van der Waals surface area contributed by atoms with E-state index in [-0.39, 0.29) is 24.5 Å². The van der Waals surface area contributed by atoms with Gasteiger partial charge in [-0.2, -0.15) is 5.10 Å². The largest absolute Gasteiger partial charge is 0.461 e. The Balaban J connectivity index is 2.52. The van der Waals surface area contributed by atoms with Gasteiger partial charge in [0.1, 0.15) is 0 Å². The van der Waals surface area contributed by atoms with Gasteiger partial charge in [-0.15, -0.1) is 0 Å². The van der Waals surface area contributed by atoms with Gasteiger partial charge in [-0.25, -0.2) is 14.3 Å². The molecule has 2 aromatic rings. The van der Waals surface area contributed by atoms with Crippen molar-refractivity contribution < 1.29 is 23.9 Å². The van der Waals surface area contributed by atoms with Gasteiger partial charge < -0.3 is 9.47 Å². The summed E-state index contributed by atoms with van der Waals surface area (Å²) >= 11 is 0. The molecule has 0 aliphatic carbocycles. The Morgan fingerprint density at radius 1 is 1.04 bits per heavy atom. The zero-order chi connectivity index (χ0) is 16.8. The van der Waals surface area contributed by atoms with E-state index < -0.39 is 17.7 Å². The van der Waals surface area contributed by atoms with Crippen molar-refractivity contribution >= 4 is 17.7 Å². The molecule has 2 rings (SSSR count). The highest BCUT2D eigenvalue weighted by molar-refractivity contribution is 6.41. The van der Waals surface area contributed by atoms with Crippen LogP contribution in [0.25, 0.3) is 5.69 Å². The predicted octanol–water partition coefficient (Wildman–Crippen LogP) is 1.79. The van der Waals surface area contributed by atoms with Crippen LogP contribution < -0.4 is 0 Å². The minimum atomic E-state index is -1.04. The fraction of sp³-hybridized carbons (Fsp3) is 0.250. The number of esters is 2. The van der Waals surface area contributed by atoms with Crippen LogP contribution in [0.4, 0.5) is 0 Å². The lowest BCUT2D eigenvalue weighted by Gasteiger charge is -2.08. The molecule has 23 heavy (non-hydrogen) atoms. The molecule has 0 saturated carbocycles. The molecular formula is C16H16N2O5. The minimum Gasteiger partial charge on any atom is -0.461 e. The molecule has 1 aromatic heterocycles. The number of ketones is 1. The van der Waals surface area contributed by atoms with Crippen molar-refractivity contribution in [3.05, 3.63) is 47.8 Å². The lowest BCUT2D eigenvalue weighted by molar-refractivity contribution is -0.137. The average Bonchev–Trinajstić information content (AvgIpc) is 3.00. The number of benzene rings is 1. The minimum absolute atomic E-state index is 0.0616. The molecule has 0 fully saturated rings. The number of aromatic nitrogens is 2. The van der Waals surface area contributed by atoms with E-state index in [1.165, 1.54) is 10.9 Å². The molecule has 0 N–H and O–H groups in total. The molecular weight excluding hydrogens is 300 g/mol. The molecule has 0 atom stereocenters. The number of para-hydroxylation sites is 1. The monoisotopic (exact) mass is 316 g/mol. The number of hydrogen-bond donors (Lipinski definition) is 0. The summed E-state index contributed by atoms with van der Waals surface area (Å²) in [4.78, 5) is 36.1. The smallest absolute Gasteiger partial charge is 0.379 e. The van der Waals surface area contributed by atoms with Gasteiger partial charge in [0.2, 0.25) is 0 Å². The van der Waals surface area contributed by atoms with E-state index >= 15 is 0 Å². The maximum absolute atomic E-state index is 12.2. The van der Waals surface area contributed by atoms with Crippen molar-refractivity contribution in [1.29, 1.82) is 0 Å². The molecule has 0 radical (unpaired) electrons. The van der Waals surface area contributed by atoms with E-state index in [2.05, 4.69) is 5.10 Å². The fourth-order valence-electron chi connectivity index (χ4n) is 1.98. The van der Waals surface area contributed by atoms with E-state index in [0.717, 1.165) is 0 Å². The van der Waals surface area contributed by atoms with E-state index in [9.17, 15) is 14.4 Å². The third kappa shape index (κ3) is 3.45. The van der Waals surface area contributed by atoms with Crippen molar-refractivity contribution in [3.63, 3.8) is 0 Å². The van der Waals surface area contributed by atoms with Crippen LogP contribution in [0.2, 0.25) is 0 Å². The lowest BCUT2D eigenvalue weighted by atomic mass is 10.1. The van der Waals surface area contributed by atoms with Crippen LogP contribution in [0.1, 0.15) is 34.7 Å². The van der Waals surface area contributed by atoms with Gasteiger partial charge in [-0.3, -0.25) is 4.79 Å². The van der Waals surface area contributed by atoms with Crippen molar-refractivity contribution in [2.24, 2.45) is 0 Å². The second-order valence-electron chi connectivity index (χ2n) is 4.42. The molecule has 0 aliphatic rings. The van der Waals surface area contributed by atoms with Gasteiger partial charge in [0.15, 0.2) is 5.69 Å². The van der Waals surface area contributed by atoms with Crippen LogP contribution in [0.3, 0.4) is 0 Å². The van der Waals surface area contributed by atoms with Gasteiger partial charge in [0.05, 0.1) is 30.7 Å². The predicted molar refractivity (Wildman–Crippen MR) is 80.5 cm³/mol. The Bertz CT molecular complexity index is 721. The molecule has 0 bridgehead atoms. The summed E-state index contributed by atoms with van der Waals surface area (Å²) in [6.07, 6.45) is 1.17. The zero-order valence-electron chi connectivity index (χ0n) is 12.8. The number of rotatable bonds is 6. The summed E-state index contributed by atoms with van der Waals surface area (Å²) in [5.74, 6) is -2.70. The maximum Gasteiger partial charge on any atom is 0.379 e.